The summed E-state index contributed by atoms with van der Waals surface area (Å²) in [5.41, 5.74) is 6.42. The first-order valence-electron chi connectivity index (χ1n) is 11.8. The number of rotatable bonds is 5. The van der Waals surface area contributed by atoms with Crippen molar-refractivity contribution in [3.63, 3.8) is 0 Å². The van der Waals surface area contributed by atoms with Gasteiger partial charge < -0.3 is 20.4 Å². The molecule has 2 aliphatic rings. The summed E-state index contributed by atoms with van der Waals surface area (Å²) in [4.78, 5) is 32.4. The Morgan fingerprint density at radius 1 is 0.939 bits per heavy atom. The van der Waals surface area contributed by atoms with Crippen LogP contribution in [0.25, 0.3) is 0 Å². The molecule has 1 fully saturated rings. The highest BCUT2D eigenvalue weighted by Gasteiger charge is 2.27. The number of piperazine rings is 1. The van der Waals surface area contributed by atoms with E-state index in [0.29, 0.717) is 12.2 Å². The maximum absolute atomic E-state index is 12.7. The molecule has 1 unspecified atom stereocenters. The molecule has 2 aromatic rings. The number of benzene rings is 2. The highest BCUT2D eigenvalue weighted by Crippen LogP contribution is 2.31. The second-order valence-electron chi connectivity index (χ2n) is 9.35. The maximum atomic E-state index is 12.7. The molecule has 0 aromatic heterocycles. The van der Waals surface area contributed by atoms with E-state index in [-0.39, 0.29) is 6.04 Å². The number of aryl methyl sites for hydroxylation is 2. The highest BCUT2D eigenvalue weighted by molar-refractivity contribution is 6.39. The van der Waals surface area contributed by atoms with Gasteiger partial charge in [-0.25, -0.2) is 0 Å². The van der Waals surface area contributed by atoms with E-state index < -0.39 is 11.8 Å². The van der Waals surface area contributed by atoms with Gasteiger partial charge in [-0.15, -0.1) is 0 Å². The van der Waals surface area contributed by atoms with Crippen LogP contribution in [0.2, 0.25) is 0 Å². The van der Waals surface area contributed by atoms with E-state index in [1.807, 2.05) is 32.0 Å². The fourth-order valence-corrected chi connectivity index (χ4v) is 4.84. The van der Waals surface area contributed by atoms with E-state index in [9.17, 15) is 9.59 Å². The third kappa shape index (κ3) is 5.20. The minimum Gasteiger partial charge on any atom is -0.374 e. The van der Waals surface area contributed by atoms with Crippen LogP contribution in [-0.4, -0.2) is 75.0 Å². The monoisotopic (exact) mass is 449 g/mol. The van der Waals surface area contributed by atoms with Crippen molar-refractivity contribution in [1.29, 1.82) is 0 Å². The van der Waals surface area contributed by atoms with E-state index in [2.05, 4.69) is 57.6 Å². The number of para-hydroxylation sites is 1. The minimum atomic E-state index is -0.625. The lowest BCUT2D eigenvalue weighted by Gasteiger charge is -2.38. The predicted octanol–water partition coefficient (Wildman–Crippen LogP) is 2.34. The first-order valence-corrected chi connectivity index (χ1v) is 11.8. The predicted molar refractivity (Wildman–Crippen MR) is 133 cm³/mol. The number of hydrogen-bond acceptors (Lipinski definition) is 5. The molecule has 7 nitrogen and oxygen atoms in total. The van der Waals surface area contributed by atoms with Crippen LogP contribution >= 0.6 is 0 Å². The van der Waals surface area contributed by atoms with Gasteiger partial charge in [0.25, 0.3) is 0 Å². The summed E-state index contributed by atoms with van der Waals surface area (Å²) in [6, 6.07) is 12.5. The van der Waals surface area contributed by atoms with Crippen LogP contribution in [0.15, 0.2) is 36.4 Å². The Hall–Kier alpha value is -2.90. The zero-order valence-electron chi connectivity index (χ0n) is 20.1. The molecule has 2 N–H and O–H groups in total. The van der Waals surface area contributed by atoms with Gasteiger partial charge >= 0.3 is 11.8 Å². The number of nitrogens with one attached hydrogen (secondary N) is 2. The SMILES string of the molecule is Cc1cccc(C)c1NC(=O)C(=O)NCC(c1ccc2c(c1)CCN2C)N1CCN(C)CC1. The first-order chi connectivity index (χ1) is 15.8. The fourth-order valence-electron chi connectivity index (χ4n) is 4.84. The number of amides is 2. The van der Waals surface area contributed by atoms with Crippen molar-refractivity contribution in [2.24, 2.45) is 0 Å². The standard InChI is InChI=1S/C26H35N5O2/c1-18-6-5-7-19(2)24(18)28-26(33)25(32)27-17-23(31-14-12-29(3)13-15-31)20-8-9-22-21(16-20)10-11-30(22)4/h5-9,16,23H,10-15,17H2,1-4H3,(H,27,32)(H,28,33). The van der Waals surface area contributed by atoms with Crippen LogP contribution in [0.4, 0.5) is 11.4 Å². The third-order valence-corrected chi connectivity index (χ3v) is 6.98. The lowest BCUT2D eigenvalue weighted by atomic mass is 10.00. The van der Waals surface area contributed by atoms with Gasteiger partial charge in [-0.3, -0.25) is 14.5 Å². The molecule has 0 bridgehead atoms. The molecule has 2 aromatic carbocycles. The van der Waals surface area contributed by atoms with Gasteiger partial charge in [0.1, 0.15) is 0 Å². The topological polar surface area (TPSA) is 67.9 Å². The van der Waals surface area contributed by atoms with Gasteiger partial charge in [-0.1, -0.05) is 30.3 Å². The minimum absolute atomic E-state index is 0.0341. The average Bonchev–Trinajstić information content (AvgIpc) is 3.17. The van der Waals surface area contributed by atoms with Crippen molar-refractivity contribution < 1.29 is 9.59 Å². The van der Waals surface area contributed by atoms with Gasteiger partial charge in [0.05, 0.1) is 6.04 Å². The van der Waals surface area contributed by atoms with Crippen LogP contribution in [0.3, 0.4) is 0 Å². The van der Waals surface area contributed by atoms with Crippen LogP contribution in [-0.2, 0) is 16.0 Å². The largest absolute Gasteiger partial charge is 0.374 e. The van der Waals surface area contributed by atoms with E-state index >= 15 is 0 Å². The van der Waals surface area contributed by atoms with E-state index in [4.69, 9.17) is 0 Å². The number of carbonyl (C=O) groups is 2. The smallest absolute Gasteiger partial charge is 0.313 e. The Morgan fingerprint density at radius 3 is 2.33 bits per heavy atom. The zero-order chi connectivity index (χ0) is 23.5. The van der Waals surface area contributed by atoms with Crippen molar-refractivity contribution in [2.75, 3.05) is 63.6 Å². The molecule has 33 heavy (non-hydrogen) atoms. The van der Waals surface area contributed by atoms with Crippen LogP contribution in [0.5, 0.6) is 0 Å². The summed E-state index contributed by atoms with van der Waals surface area (Å²) >= 11 is 0. The van der Waals surface area contributed by atoms with Gasteiger partial charge in [-0.05, 0) is 55.6 Å². The number of carbonyl (C=O) groups excluding carboxylic acids is 2. The summed E-state index contributed by atoms with van der Waals surface area (Å²) in [5, 5.41) is 5.70. The molecule has 0 aliphatic carbocycles. The van der Waals surface area contributed by atoms with E-state index in [0.717, 1.165) is 50.3 Å². The fraction of sp³-hybridized carbons (Fsp3) is 0.462. The number of nitrogens with zero attached hydrogens (tertiary/aromatic N) is 3. The molecular weight excluding hydrogens is 414 g/mol. The normalized spacial score (nSPS) is 17.5. The molecule has 7 heteroatoms. The zero-order valence-corrected chi connectivity index (χ0v) is 20.1. The van der Waals surface area contributed by atoms with Gasteiger partial charge in [-0.2, -0.15) is 0 Å². The Morgan fingerprint density at radius 2 is 1.64 bits per heavy atom. The molecule has 2 heterocycles. The number of likely N-dealkylation sites (N-methyl/N-ethyl adjacent to an activating group) is 2. The number of hydrogen-bond donors (Lipinski definition) is 2. The third-order valence-electron chi connectivity index (χ3n) is 6.98. The molecule has 176 valence electrons. The van der Waals surface area contributed by atoms with Gasteiger partial charge in [0, 0.05) is 57.7 Å². The first kappa shape index (κ1) is 23.3. The van der Waals surface area contributed by atoms with E-state index in [1.54, 1.807) is 0 Å². The quantitative estimate of drug-likeness (QED) is 0.686. The summed E-state index contributed by atoms with van der Waals surface area (Å²) in [6.07, 6.45) is 1.04. The average molecular weight is 450 g/mol. The van der Waals surface area contributed by atoms with Crippen molar-refractivity contribution in [3.05, 3.63) is 58.7 Å². The van der Waals surface area contributed by atoms with E-state index in [1.165, 1.54) is 16.8 Å². The lowest BCUT2D eigenvalue weighted by Crippen LogP contribution is -2.49. The Balaban J connectivity index is 1.47. The van der Waals surface area contributed by atoms with Crippen molar-refractivity contribution in [1.82, 2.24) is 15.1 Å². The molecule has 2 amide bonds. The molecule has 2 aliphatic heterocycles. The number of anilines is 2. The Kier molecular flexibility index (Phi) is 7.00. The molecule has 0 saturated carbocycles. The second kappa shape index (κ2) is 9.93. The maximum Gasteiger partial charge on any atom is 0.313 e. The summed E-state index contributed by atoms with van der Waals surface area (Å²) in [6.45, 7) is 9.14. The van der Waals surface area contributed by atoms with Crippen molar-refractivity contribution in [2.45, 2.75) is 26.3 Å². The molecular formula is C26H35N5O2. The van der Waals surface area contributed by atoms with Crippen molar-refractivity contribution >= 4 is 23.2 Å². The molecule has 1 saturated heterocycles. The summed E-state index contributed by atoms with van der Waals surface area (Å²) in [5.74, 6) is -1.22. The van der Waals surface area contributed by atoms with Crippen LogP contribution in [0.1, 0.15) is 28.3 Å². The molecule has 1 atom stereocenters. The highest BCUT2D eigenvalue weighted by atomic mass is 16.2. The van der Waals surface area contributed by atoms with Crippen molar-refractivity contribution in [3.8, 4) is 0 Å². The second-order valence-corrected chi connectivity index (χ2v) is 9.35. The Bertz CT molecular complexity index is 1010. The summed E-state index contributed by atoms with van der Waals surface area (Å²) in [7, 11) is 4.26. The molecule has 0 radical (unpaired) electrons. The van der Waals surface area contributed by atoms with Gasteiger partial charge in [0.2, 0.25) is 0 Å². The number of fused-ring (bicyclic) bond motifs is 1. The Labute approximate surface area is 196 Å². The lowest BCUT2D eigenvalue weighted by molar-refractivity contribution is -0.136. The summed E-state index contributed by atoms with van der Waals surface area (Å²) < 4.78 is 0. The molecule has 4 rings (SSSR count). The van der Waals surface area contributed by atoms with Crippen LogP contribution < -0.4 is 15.5 Å². The molecule has 0 spiro atoms. The van der Waals surface area contributed by atoms with Crippen LogP contribution in [0, 0.1) is 13.8 Å². The van der Waals surface area contributed by atoms with Gasteiger partial charge in [0.15, 0.2) is 0 Å².